The van der Waals surface area contributed by atoms with E-state index in [0.717, 1.165) is 21.9 Å². The molecule has 0 atom stereocenters. The lowest BCUT2D eigenvalue weighted by atomic mass is 9.76. The molecule has 36 heavy (non-hydrogen) atoms. The monoisotopic (exact) mass is 495 g/mol. The zero-order valence-corrected chi connectivity index (χ0v) is 22.2. The summed E-state index contributed by atoms with van der Waals surface area (Å²) in [5, 5.41) is 1.06. The first-order valence-electron chi connectivity index (χ1n) is 12.5. The van der Waals surface area contributed by atoms with E-state index < -0.39 is 24.1 Å². The number of ether oxygens (including phenoxy) is 2. The van der Waals surface area contributed by atoms with Gasteiger partial charge in [0.2, 0.25) is 0 Å². The summed E-state index contributed by atoms with van der Waals surface area (Å²) >= 11 is 0. The average Bonchev–Trinajstić information content (AvgIpc) is 3.31. The minimum Gasteiger partial charge on any atom is -0.488 e. The van der Waals surface area contributed by atoms with Crippen molar-refractivity contribution in [3.63, 3.8) is 0 Å². The van der Waals surface area contributed by atoms with Crippen LogP contribution in [-0.4, -0.2) is 35.5 Å². The Balaban J connectivity index is 1.69. The molecule has 2 aromatic carbocycles. The number of aromatic nitrogens is 1. The summed E-state index contributed by atoms with van der Waals surface area (Å²) in [6, 6.07) is 10.6. The van der Waals surface area contributed by atoms with Crippen LogP contribution in [0.25, 0.3) is 10.9 Å². The number of benzene rings is 2. The third-order valence-electron chi connectivity index (χ3n) is 7.06. The zero-order chi connectivity index (χ0) is 26.3. The Bertz CT molecular complexity index is 1250. The average molecular weight is 495 g/mol. The van der Waals surface area contributed by atoms with Gasteiger partial charge in [-0.2, -0.15) is 0 Å². The minimum atomic E-state index is -0.533. The maximum Gasteiger partial charge on any atom is 0.495 e. The number of halogens is 1. The van der Waals surface area contributed by atoms with Crippen molar-refractivity contribution in [1.29, 1.82) is 0 Å². The Morgan fingerprint density at radius 3 is 2.42 bits per heavy atom. The van der Waals surface area contributed by atoms with E-state index in [1.165, 1.54) is 12.1 Å². The number of fused-ring (bicyclic) bond motifs is 1. The molecule has 0 bridgehead atoms. The highest BCUT2D eigenvalue weighted by Gasteiger charge is 2.52. The summed E-state index contributed by atoms with van der Waals surface area (Å²) in [5.74, 6) is -0.493. The van der Waals surface area contributed by atoms with Crippen molar-refractivity contribution in [3.8, 4) is 5.75 Å². The third kappa shape index (κ3) is 5.16. The van der Waals surface area contributed by atoms with E-state index >= 15 is 0 Å². The van der Waals surface area contributed by atoms with E-state index in [1.807, 2.05) is 33.8 Å². The first-order valence-corrected chi connectivity index (χ1v) is 12.5. The zero-order valence-electron chi connectivity index (χ0n) is 22.2. The summed E-state index contributed by atoms with van der Waals surface area (Å²) < 4.78 is 40.1. The first kappa shape index (κ1) is 26.2. The Morgan fingerprint density at radius 1 is 1.08 bits per heavy atom. The van der Waals surface area contributed by atoms with Gasteiger partial charge < -0.3 is 23.3 Å². The Kier molecular flexibility index (Phi) is 7.22. The minimum absolute atomic E-state index is 0.0118. The molecular formula is C28H35BFNO5. The van der Waals surface area contributed by atoms with Crippen LogP contribution in [0.4, 0.5) is 4.39 Å². The fourth-order valence-corrected chi connectivity index (χ4v) is 4.39. The standard InChI is InChI=1S/C28H35BFNO5/c1-8-33-26(32)15-20-9-10-21(30)16-25(20)34-17-19-13-23(29-35-27(4,5)28(6,7)36-29)22-11-12-31(18(2)3)24(22)14-19/h9-14,16,18H,8,15,17H2,1-7H3. The van der Waals surface area contributed by atoms with E-state index in [1.54, 1.807) is 13.0 Å². The highest BCUT2D eigenvalue weighted by atomic mass is 19.1. The maximum absolute atomic E-state index is 14.0. The Morgan fingerprint density at radius 2 is 1.78 bits per heavy atom. The second-order valence-electron chi connectivity index (χ2n) is 10.5. The lowest BCUT2D eigenvalue weighted by molar-refractivity contribution is -0.142. The molecule has 192 valence electrons. The second-order valence-corrected chi connectivity index (χ2v) is 10.5. The van der Waals surface area contributed by atoms with Crippen molar-refractivity contribution in [3.05, 3.63) is 59.5 Å². The molecular weight excluding hydrogens is 460 g/mol. The van der Waals surface area contributed by atoms with Crippen LogP contribution in [0.2, 0.25) is 0 Å². The molecule has 1 aliphatic rings. The number of esters is 1. The second kappa shape index (κ2) is 9.90. The van der Waals surface area contributed by atoms with Gasteiger partial charge in [-0.1, -0.05) is 12.1 Å². The van der Waals surface area contributed by atoms with Gasteiger partial charge in [-0.3, -0.25) is 4.79 Å². The SMILES string of the molecule is CCOC(=O)Cc1ccc(F)cc1OCc1cc(B2OC(C)(C)C(C)(C)O2)c2ccn(C(C)C)c2c1. The topological polar surface area (TPSA) is 58.9 Å². The van der Waals surface area contributed by atoms with Gasteiger partial charge in [0.05, 0.1) is 24.2 Å². The van der Waals surface area contributed by atoms with Gasteiger partial charge in [0.25, 0.3) is 0 Å². The lowest BCUT2D eigenvalue weighted by Crippen LogP contribution is -2.41. The number of carbonyl (C=O) groups is 1. The van der Waals surface area contributed by atoms with Crippen LogP contribution in [0.15, 0.2) is 42.6 Å². The number of hydrogen-bond donors (Lipinski definition) is 0. The summed E-state index contributed by atoms with van der Waals surface area (Å²) in [7, 11) is -0.533. The van der Waals surface area contributed by atoms with Gasteiger partial charge in [0.15, 0.2) is 0 Å². The van der Waals surface area contributed by atoms with Crippen LogP contribution < -0.4 is 10.2 Å². The van der Waals surface area contributed by atoms with Crippen LogP contribution in [-0.2, 0) is 31.9 Å². The molecule has 0 unspecified atom stereocenters. The van der Waals surface area contributed by atoms with Gasteiger partial charge in [0.1, 0.15) is 18.2 Å². The van der Waals surface area contributed by atoms with E-state index in [0.29, 0.717) is 11.3 Å². The first-order chi connectivity index (χ1) is 16.9. The molecule has 0 spiro atoms. The molecule has 1 aliphatic heterocycles. The van der Waals surface area contributed by atoms with Crippen LogP contribution in [0, 0.1) is 5.82 Å². The van der Waals surface area contributed by atoms with Gasteiger partial charge in [-0.05, 0) is 83.1 Å². The van der Waals surface area contributed by atoms with Gasteiger partial charge in [0, 0.05) is 29.4 Å². The fourth-order valence-electron chi connectivity index (χ4n) is 4.39. The molecule has 1 saturated heterocycles. The normalized spacial score (nSPS) is 16.6. The van der Waals surface area contributed by atoms with Crippen molar-refractivity contribution in [2.24, 2.45) is 0 Å². The maximum atomic E-state index is 14.0. The predicted molar refractivity (Wildman–Crippen MR) is 139 cm³/mol. The van der Waals surface area contributed by atoms with Crippen molar-refractivity contribution >= 4 is 29.5 Å². The predicted octanol–water partition coefficient (Wildman–Crippen LogP) is 5.35. The molecule has 0 aliphatic carbocycles. The molecule has 3 aromatic rings. The number of carbonyl (C=O) groups excluding carboxylic acids is 1. The van der Waals surface area contributed by atoms with Crippen molar-refractivity contribution in [2.45, 2.75) is 78.7 Å². The molecule has 2 heterocycles. The summed E-state index contributed by atoms with van der Waals surface area (Å²) in [6.45, 7) is 14.6. The summed E-state index contributed by atoms with van der Waals surface area (Å²) in [6.07, 6.45) is 2.08. The largest absolute Gasteiger partial charge is 0.495 e. The van der Waals surface area contributed by atoms with E-state index in [4.69, 9.17) is 18.8 Å². The lowest BCUT2D eigenvalue weighted by Gasteiger charge is -2.32. The number of hydrogen-bond acceptors (Lipinski definition) is 5. The Hall–Kier alpha value is -2.84. The van der Waals surface area contributed by atoms with Crippen molar-refractivity contribution < 1.29 is 28.0 Å². The van der Waals surface area contributed by atoms with Gasteiger partial charge in [-0.15, -0.1) is 0 Å². The molecule has 1 aromatic heterocycles. The van der Waals surface area contributed by atoms with Crippen molar-refractivity contribution in [1.82, 2.24) is 4.57 Å². The van der Waals surface area contributed by atoms with Crippen LogP contribution in [0.1, 0.15) is 65.6 Å². The molecule has 8 heteroatoms. The van der Waals surface area contributed by atoms with Crippen molar-refractivity contribution in [2.75, 3.05) is 6.61 Å². The van der Waals surface area contributed by atoms with Gasteiger partial charge >= 0.3 is 13.1 Å². The van der Waals surface area contributed by atoms with E-state index in [2.05, 4.69) is 36.7 Å². The highest BCUT2D eigenvalue weighted by molar-refractivity contribution is 6.65. The molecule has 6 nitrogen and oxygen atoms in total. The highest BCUT2D eigenvalue weighted by Crippen LogP contribution is 2.37. The fraction of sp³-hybridized carbons (Fsp3) is 0.464. The number of nitrogens with zero attached hydrogens (tertiary/aromatic N) is 1. The summed E-state index contributed by atoms with van der Waals surface area (Å²) in [4.78, 5) is 12.0. The Labute approximate surface area is 212 Å². The molecule has 0 saturated carbocycles. The molecule has 1 fully saturated rings. The van der Waals surface area contributed by atoms with Gasteiger partial charge in [-0.25, -0.2) is 4.39 Å². The quantitative estimate of drug-likeness (QED) is 0.312. The van der Waals surface area contributed by atoms with Crippen LogP contribution >= 0.6 is 0 Å². The van der Waals surface area contributed by atoms with E-state index in [9.17, 15) is 9.18 Å². The molecule has 4 rings (SSSR count). The number of rotatable bonds is 8. The molecule has 0 N–H and O–H groups in total. The smallest absolute Gasteiger partial charge is 0.488 e. The summed E-state index contributed by atoms with van der Waals surface area (Å²) in [5.41, 5.74) is 2.49. The molecule has 0 amide bonds. The molecule has 0 radical (unpaired) electrons. The van der Waals surface area contributed by atoms with Crippen LogP contribution in [0.3, 0.4) is 0 Å². The van der Waals surface area contributed by atoms with E-state index in [-0.39, 0.29) is 31.6 Å². The third-order valence-corrected chi connectivity index (χ3v) is 7.06. The van der Waals surface area contributed by atoms with Crippen LogP contribution in [0.5, 0.6) is 5.75 Å².